The Morgan fingerprint density at radius 2 is 1.29 bits per heavy atom. The Bertz CT molecular complexity index is 1290. The van der Waals surface area contributed by atoms with E-state index in [1.807, 2.05) is 36.4 Å². The summed E-state index contributed by atoms with van der Waals surface area (Å²) in [5.41, 5.74) is 2.67. The number of benzene rings is 4. The number of carbonyl (C=O) groups excluding carboxylic acids is 3. The Kier molecular flexibility index (Phi) is 5.58. The third kappa shape index (κ3) is 4.51. The van der Waals surface area contributed by atoms with Gasteiger partial charge in [0.25, 0.3) is 11.8 Å². The molecule has 0 unspecified atom stereocenters. The number of carbonyl (C=O) groups is 3. The Hall–Kier alpha value is -4.25. The van der Waals surface area contributed by atoms with Gasteiger partial charge in [0, 0.05) is 28.1 Å². The average Bonchev–Trinajstić information content (AvgIpc) is 2.79. The molecule has 4 aromatic rings. The molecule has 31 heavy (non-hydrogen) atoms. The quantitative estimate of drug-likeness (QED) is 0.425. The first-order valence-corrected chi connectivity index (χ1v) is 9.83. The van der Waals surface area contributed by atoms with Gasteiger partial charge in [-0.05, 0) is 66.2 Å². The lowest BCUT2D eigenvalue weighted by Gasteiger charge is -2.10. The van der Waals surface area contributed by atoms with E-state index in [9.17, 15) is 14.4 Å². The molecule has 0 aromatic heterocycles. The highest BCUT2D eigenvalue weighted by Crippen LogP contribution is 2.21. The first kappa shape index (κ1) is 20.0. The Labute approximate surface area is 179 Å². The molecule has 0 spiro atoms. The fraction of sp³-hybridized carbons (Fsp3) is 0.0385. The Morgan fingerprint density at radius 1 is 0.613 bits per heavy atom. The van der Waals surface area contributed by atoms with Crippen molar-refractivity contribution in [3.63, 3.8) is 0 Å². The van der Waals surface area contributed by atoms with Crippen LogP contribution < -0.4 is 10.6 Å². The number of hydrogen-bond acceptors (Lipinski definition) is 3. The Balaban J connectivity index is 1.50. The van der Waals surface area contributed by atoms with E-state index in [1.54, 1.807) is 54.6 Å². The van der Waals surface area contributed by atoms with Crippen LogP contribution in [0.15, 0.2) is 91.0 Å². The van der Waals surface area contributed by atoms with Gasteiger partial charge in [0.2, 0.25) is 0 Å². The lowest BCUT2D eigenvalue weighted by atomic mass is 10.0. The van der Waals surface area contributed by atoms with E-state index in [0.717, 1.165) is 10.8 Å². The van der Waals surface area contributed by atoms with Gasteiger partial charge in [-0.25, -0.2) is 0 Å². The molecule has 5 heteroatoms. The number of fused-ring (bicyclic) bond motifs is 1. The zero-order valence-electron chi connectivity index (χ0n) is 16.9. The van der Waals surface area contributed by atoms with Crippen molar-refractivity contribution in [3.05, 3.63) is 108 Å². The first-order valence-electron chi connectivity index (χ1n) is 9.83. The van der Waals surface area contributed by atoms with Crippen molar-refractivity contribution in [2.24, 2.45) is 0 Å². The maximum atomic E-state index is 12.8. The van der Waals surface area contributed by atoms with Crippen LogP contribution >= 0.6 is 0 Å². The van der Waals surface area contributed by atoms with Gasteiger partial charge in [0.15, 0.2) is 5.78 Å². The van der Waals surface area contributed by atoms with E-state index >= 15 is 0 Å². The van der Waals surface area contributed by atoms with Crippen molar-refractivity contribution in [3.8, 4) is 0 Å². The summed E-state index contributed by atoms with van der Waals surface area (Å²) in [6.07, 6.45) is 0. The molecule has 2 N–H and O–H groups in total. The molecule has 0 heterocycles. The van der Waals surface area contributed by atoms with Crippen LogP contribution in [-0.2, 0) is 0 Å². The molecule has 0 radical (unpaired) electrons. The number of hydrogen-bond donors (Lipinski definition) is 2. The highest BCUT2D eigenvalue weighted by molar-refractivity contribution is 6.13. The van der Waals surface area contributed by atoms with Gasteiger partial charge in [-0.15, -0.1) is 0 Å². The van der Waals surface area contributed by atoms with Gasteiger partial charge >= 0.3 is 0 Å². The highest BCUT2D eigenvalue weighted by Gasteiger charge is 2.12. The minimum absolute atomic E-state index is 0.0347. The minimum Gasteiger partial charge on any atom is -0.322 e. The minimum atomic E-state index is -0.308. The van der Waals surface area contributed by atoms with E-state index in [0.29, 0.717) is 28.1 Å². The van der Waals surface area contributed by atoms with E-state index in [4.69, 9.17) is 0 Å². The summed E-state index contributed by atoms with van der Waals surface area (Å²) in [6.45, 7) is 1.49. The highest BCUT2D eigenvalue weighted by atomic mass is 16.2. The fourth-order valence-corrected chi connectivity index (χ4v) is 3.35. The molecule has 0 fully saturated rings. The molecular weight excluding hydrogens is 388 g/mol. The zero-order chi connectivity index (χ0) is 21.8. The number of anilines is 2. The molecule has 0 aliphatic heterocycles. The average molecular weight is 408 g/mol. The second-order valence-electron chi connectivity index (χ2n) is 7.15. The van der Waals surface area contributed by atoms with Crippen LogP contribution in [0.5, 0.6) is 0 Å². The standard InChI is InChI=1S/C26H20N2O3/c1-17(29)18-12-14-21(15-13-18)27-25(30)20-8-4-9-22(16-20)28-26(31)24-11-5-7-19-6-2-3-10-23(19)24/h2-16H,1H3,(H,27,30)(H,28,31). The lowest BCUT2D eigenvalue weighted by Crippen LogP contribution is -2.15. The smallest absolute Gasteiger partial charge is 0.256 e. The van der Waals surface area contributed by atoms with E-state index in [2.05, 4.69) is 10.6 Å². The number of ketones is 1. The summed E-state index contributed by atoms with van der Waals surface area (Å²) < 4.78 is 0. The molecule has 2 amide bonds. The molecule has 152 valence electrons. The van der Waals surface area contributed by atoms with Crippen molar-refractivity contribution in [1.29, 1.82) is 0 Å². The molecule has 0 aliphatic carbocycles. The topological polar surface area (TPSA) is 75.3 Å². The van der Waals surface area contributed by atoms with Crippen LogP contribution in [0.25, 0.3) is 10.8 Å². The Morgan fingerprint density at radius 3 is 2.06 bits per heavy atom. The summed E-state index contributed by atoms with van der Waals surface area (Å²) in [4.78, 5) is 36.9. The monoisotopic (exact) mass is 408 g/mol. The van der Waals surface area contributed by atoms with Gasteiger partial charge in [-0.2, -0.15) is 0 Å². The largest absolute Gasteiger partial charge is 0.322 e. The fourth-order valence-electron chi connectivity index (χ4n) is 3.35. The molecule has 0 aliphatic rings. The van der Waals surface area contributed by atoms with Crippen LogP contribution in [-0.4, -0.2) is 17.6 Å². The summed E-state index contributed by atoms with van der Waals surface area (Å²) in [6, 6.07) is 26.7. The van der Waals surface area contributed by atoms with Crippen molar-refractivity contribution in [2.75, 3.05) is 10.6 Å². The summed E-state index contributed by atoms with van der Waals surface area (Å²) in [5, 5.41) is 7.52. The normalized spacial score (nSPS) is 10.5. The maximum Gasteiger partial charge on any atom is 0.256 e. The number of amides is 2. The van der Waals surface area contributed by atoms with Crippen molar-refractivity contribution in [2.45, 2.75) is 6.92 Å². The van der Waals surface area contributed by atoms with Gasteiger partial charge in [-0.3, -0.25) is 14.4 Å². The first-order chi connectivity index (χ1) is 15.0. The SMILES string of the molecule is CC(=O)c1ccc(NC(=O)c2cccc(NC(=O)c3cccc4ccccc34)c2)cc1. The van der Waals surface area contributed by atoms with Crippen molar-refractivity contribution in [1.82, 2.24) is 0 Å². The molecule has 5 nitrogen and oxygen atoms in total. The van der Waals surface area contributed by atoms with Crippen LogP contribution in [0.2, 0.25) is 0 Å². The van der Waals surface area contributed by atoms with E-state index in [-0.39, 0.29) is 17.6 Å². The molecule has 0 saturated carbocycles. The second-order valence-corrected chi connectivity index (χ2v) is 7.15. The second kappa shape index (κ2) is 8.63. The third-order valence-electron chi connectivity index (χ3n) is 4.97. The third-order valence-corrected chi connectivity index (χ3v) is 4.97. The zero-order valence-corrected chi connectivity index (χ0v) is 16.9. The predicted octanol–water partition coefficient (Wildman–Crippen LogP) is 5.55. The maximum absolute atomic E-state index is 12.8. The molecule has 4 rings (SSSR count). The molecule has 0 saturated heterocycles. The number of Topliss-reactive ketones (excluding diaryl/α,β-unsaturated/α-hetero) is 1. The predicted molar refractivity (Wildman–Crippen MR) is 123 cm³/mol. The van der Waals surface area contributed by atoms with Crippen LogP contribution in [0, 0.1) is 0 Å². The van der Waals surface area contributed by atoms with E-state index < -0.39 is 0 Å². The van der Waals surface area contributed by atoms with Gasteiger partial charge in [0.05, 0.1) is 0 Å². The summed E-state index contributed by atoms with van der Waals surface area (Å²) >= 11 is 0. The van der Waals surface area contributed by atoms with Gasteiger partial charge in [-0.1, -0.05) is 42.5 Å². The lowest BCUT2D eigenvalue weighted by molar-refractivity contribution is 0.101. The van der Waals surface area contributed by atoms with Crippen LogP contribution in [0.1, 0.15) is 38.0 Å². The summed E-state index contributed by atoms with van der Waals surface area (Å²) in [7, 11) is 0. The van der Waals surface area contributed by atoms with Crippen molar-refractivity contribution < 1.29 is 14.4 Å². The molecule has 0 atom stereocenters. The molecular formula is C26H20N2O3. The van der Waals surface area contributed by atoms with Gasteiger partial charge < -0.3 is 10.6 Å². The molecule has 0 bridgehead atoms. The number of rotatable bonds is 5. The van der Waals surface area contributed by atoms with Crippen molar-refractivity contribution >= 4 is 39.7 Å². The number of nitrogens with one attached hydrogen (secondary N) is 2. The van der Waals surface area contributed by atoms with E-state index in [1.165, 1.54) is 6.92 Å². The van der Waals surface area contributed by atoms with Crippen LogP contribution in [0.3, 0.4) is 0 Å². The van der Waals surface area contributed by atoms with Crippen LogP contribution in [0.4, 0.5) is 11.4 Å². The van der Waals surface area contributed by atoms with Gasteiger partial charge in [0.1, 0.15) is 0 Å². The summed E-state index contributed by atoms with van der Waals surface area (Å²) in [5.74, 6) is -0.585. The molecule has 4 aromatic carbocycles.